The first-order valence-electron chi connectivity index (χ1n) is 7.48. The van der Waals surface area contributed by atoms with Gasteiger partial charge in [0.1, 0.15) is 5.82 Å². The summed E-state index contributed by atoms with van der Waals surface area (Å²) in [6, 6.07) is 10.1. The Morgan fingerprint density at radius 2 is 2.00 bits per heavy atom. The van der Waals surface area contributed by atoms with Crippen LogP contribution < -0.4 is 4.90 Å². The second-order valence-electron chi connectivity index (χ2n) is 5.85. The molecule has 1 N–H and O–H groups in total. The van der Waals surface area contributed by atoms with Gasteiger partial charge in [-0.1, -0.05) is 31.0 Å². The SMILES string of the molecule is CN(CC1CCCC1)c1nc2ccccc2cc1CO. The zero-order valence-corrected chi connectivity index (χ0v) is 12.0. The molecule has 1 aliphatic rings. The van der Waals surface area contributed by atoms with Crippen LogP contribution in [0, 0.1) is 5.92 Å². The van der Waals surface area contributed by atoms with Gasteiger partial charge < -0.3 is 10.0 Å². The van der Waals surface area contributed by atoms with E-state index in [4.69, 9.17) is 4.98 Å². The molecule has 0 atom stereocenters. The van der Waals surface area contributed by atoms with Crippen molar-refractivity contribution in [1.82, 2.24) is 4.98 Å². The average molecular weight is 270 g/mol. The molecule has 1 aromatic heterocycles. The number of benzene rings is 1. The molecule has 20 heavy (non-hydrogen) atoms. The molecule has 0 spiro atoms. The molecule has 0 saturated heterocycles. The Kier molecular flexibility index (Phi) is 3.88. The average Bonchev–Trinajstić information content (AvgIpc) is 2.98. The van der Waals surface area contributed by atoms with Gasteiger partial charge in [-0.2, -0.15) is 0 Å². The number of aliphatic hydroxyl groups excluding tert-OH is 1. The molecule has 0 radical (unpaired) electrons. The minimum Gasteiger partial charge on any atom is -0.392 e. The first-order valence-corrected chi connectivity index (χ1v) is 7.48. The smallest absolute Gasteiger partial charge is 0.134 e. The van der Waals surface area contributed by atoms with Crippen LogP contribution in [-0.2, 0) is 6.61 Å². The molecular weight excluding hydrogens is 248 g/mol. The minimum atomic E-state index is 0.0438. The Morgan fingerprint density at radius 3 is 2.75 bits per heavy atom. The topological polar surface area (TPSA) is 36.4 Å². The van der Waals surface area contributed by atoms with Crippen LogP contribution in [0.3, 0.4) is 0 Å². The summed E-state index contributed by atoms with van der Waals surface area (Å²) < 4.78 is 0. The maximum Gasteiger partial charge on any atom is 0.134 e. The molecule has 1 heterocycles. The quantitative estimate of drug-likeness (QED) is 0.925. The standard InChI is InChI=1S/C17H22N2O/c1-19(11-13-6-2-3-7-13)17-15(12-20)10-14-8-4-5-9-16(14)18-17/h4-5,8-10,13,20H,2-3,6-7,11-12H2,1H3. The van der Waals surface area contributed by atoms with E-state index >= 15 is 0 Å². The number of fused-ring (bicyclic) bond motifs is 1. The monoisotopic (exact) mass is 270 g/mol. The Hall–Kier alpha value is -1.61. The summed E-state index contributed by atoms with van der Waals surface area (Å²) in [5.41, 5.74) is 1.92. The number of hydrogen-bond acceptors (Lipinski definition) is 3. The Bertz CT molecular complexity index is 591. The van der Waals surface area contributed by atoms with Gasteiger partial charge in [-0.05, 0) is 30.9 Å². The van der Waals surface area contributed by atoms with Crippen molar-refractivity contribution in [2.45, 2.75) is 32.3 Å². The van der Waals surface area contributed by atoms with Crippen LogP contribution in [0.4, 0.5) is 5.82 Å². The van der Waals surface area contributed by atoms with Gasteiger partial charge in [0.25, 0.3) is 0 Å². The first kappa shape index (κ1) is 13.4. The van der Waals surface area contributed by atoms with E-state index < -0.39 is 0 Å². The third-order valence-corrected chi connectivity index (χ3v) is 4.32. The molecule has 0 aliphatic heterocycles. The summed E-state index contributed by atoms with van der Waals surface area (Å²) in [6.45, 7) is 1.08. The van der Waals surface area contributed by atoms with E-state index in [1.165, 1.54) is 25.7 Å². The first-order chi connectivity index (χ1) is 9.78. The zero-order valence-electron chi connectivity index (χ0n) is 12.0. The van der Waals surface area contributed by atoms with Gasteiger partial charge in [0, 0.05) is 24.5 Å². The predicted octanol–water partition coefficient (Wildman–Crippen LogP) is 3.35. The molecule has 1 saturated carbocycles. The number of hydrogen-bond donors (Lipinski definition) is 1. The van der Waals surface area contributed by atoms with Gasteiger partial charge in [-0.15, -0.1) is 0 Å². The Balaban J connectivity index is 1.91. The molecule has 3 nitrogen and oxygen atoms in total. The van der Waals surface area contributed by atoms with Gasteiger partial charge in [0.15, 0.2) is 0 Å². The molecule has 0 unspecified atom stereocenters. The van der Waals surface area contributed by atoms with Crippen molar-refractivity contribution in [2.75, 3.05) is 18.5 Å². The van der Waals surface area contributed by atoms with E-state index in [9.17, 15) is 5.11 Å². The highest BCUT2D eigenvalue weighted by Gasteiger charge is 2.19. The molecular formula is C17H22N2O. The molecule has 1 aliphatic carbocycles. The van der Waals surface area contributed by atoms with Crippen LogP contribution >= 0.6 is 0 Å². The molecule has 2 aromatic rings. The highest BCUT2D eigenvalue weighted by Crippen LogP contribution is 2.28. The normalized spacial score (nSPS) is 15.9. The predicted molar refractivity (Wildman–Crippen MR) is 82.9 cm³/mol. The zero-order chi connectivity index (χ0) is 13.9. The molecule has 1 aromatic carbocycles. The summed E-state index contributed by atoms with van der Waals surface area (Å²) in [6.07, 6.45) is 5.37. The maximum atomic E-state index is 9.62. The number of aromatic nitrogens is 1. The van der Waals surface area contributed by atoms with Crippen LogP contribution in [0.2, 0.25) is 0 Å². The number of nitrogens with zero attached hydrogens (tertiary/aromatic N) is 2. The fourth-order valence-electron chi connectivity index (χ4n) is 3.26. The third kappa shape index (κ3) is 2.63. The van der Waals surface area contributed by atoms with E-state index in [1.807, 2.05) is 24.3 Å². The number of pyridine rings is 1. The van der Waals surface area contributed by atoms with Crippen LogP contribution in [-0.4, -0.2) is 23.7 Å². The van der Waals surface area contributed by atoms with Crippen LogP contribution in [0.5, 0.6) is 0 Å². The molecule has 3 heteroatoms. The van der Waals surface area contributed by atoms with Crippen LogP contribution in [0.25, 0.3) is 10.9 Å². The second kappa shape index (κ2) is 5.80. The van der Waals surface area contributed by atoms with Crippen molar-refractivity contribution >= 4 is 16.7 Å². The second-order valence-corrected chi connectivity index (χ2v) is 5.85. The summed E-state index contributed by atoms with van der Waals surface area (Å²) >= 11 is 0. The van der Waals surface area contributed by atoms with Crippen LogP contribution in [0.15, 0.2) is 30.3 Å². The number of rotatable bonds is 4. The lowest BCUT2D eigenvalue weighted by atomic mass is 10.1. The van der Waals surface area contributed by atoms with Crippen molar-refractivity contribution in [3.63, 3.8) is 0 Å². The van der Waals surface area contributed by atoms with Crippen molar-refractivity contribution < 1.29 is 5.11 Å². The van der Waals surface area contributed by atoms with Gasteiger partial charge in [0.05, 0.1) is 12.1 Å². The highest BCUT2D eigenvalue weighted by molar-refractivity contribution is 5.81. The summed E-state index contributed by atoms with van der Waals surface area (Å²) in [7, 11) is 2.09. The van der Waals surface area contributed by atoms with Crippen LogP contribution in [0.1, 0.15) is 31.2 Å². The maximum absolute atomic E-state index is 9.62. The lowest BCUT2D eigenvalue weighted by Crippen LogP contribution is -2.26. The van der Waals surface area contributed by atoms with E-state index in [0.717, 1.165) is 34.7 Å². The Labute approximate surface area is 120 Å². The van der Waals surface area contributed by atoms with Gasteiger partial charge in [0.2, 0.25) is 0 Å². The number of para-hydroxylation sites is 1. The summed E-state index contributed by atoms with van der Waals surface area (Å²) in [4.78, 5) is 6.97. The van der Waals surface area contributed by atoms with E-state index in [0.29, 0.717) is 0 Å². The fraction of sp³-hybridized carbons (Fsp3) is 0.471. The summed E-state index contributed by atoms with van der Waals surface area (Å²) in [5.74, 6) is 1.71. The minimum absolute atomic E-state index is 0.0438. The third-order valence-electron chi connectivity index (χ3n) is 4.32. The van der Waals surface area contributed by atoms with Crippen molar-refractivity contribution in [1.29, 1.82) is 0 Å². The molecule has 0 amide bonds. The molecule has 3 rings (SSSR count). The highest BCUT2D eigenvalue weighted by atomic mass is 16.3. The number of anilines is 1. The molecule has 1 fully saturated rings. The van der Waals surface area contributed by atoms with Gasteiger partial charge >= 0.3 is 0 Å². The molecule has 0 bridgehead atoms. The van der Waals surface area contributed by atoms with Gasteiger partial charge in [-0.3, -0.25) is 0 Å². The Morgan fingerprint density at radius 1 is 1.25 bits per heavy atom. The van der Waals surface area contributed by atoms with Crippen molar-refractivity contribution in [3.8, 4) is 0 Å². The van der Waals surface area contributed by atoms with Crippen molar-refractivity contribution in [2.24, 2.45) is 5.92 Å². The summed E-state index contributed by atoms with van der Waals surface area (Å²) in [5, 5.41) is 10.7. The van der Waals surface area contributed by atoms with Crippen molar-refractivity contribution in [3.05, 3.63) is 35.9 Å². The molecule has 106 valence electrons. The lowest BCUT2D eigenvalue weighted by Gasteiger charge is -2.24. The lowest BCUT2D eigenvalue weighted by molar-refractivity contribution is 0.281. The largest absolute Gasteiger partial charge is 0.392 e. The van der Waals surface area contributed by atoms with E-state index in [2.05, 4.69) is 18.0 Å². The van der Waals surface area contributed by atoms with E-state index in [1.54, 1.807) is 0 Å². The fourth-order valence-corrected chi connectivity index (χ4v) is 3.26. The van der Waals surface area contributed by atoms with Gasteiger partial charge in [-0.25, -0.2) is 4.98 Å². The van der Waals surface area contributed by atoms with E-state index in [-0.39, 0.29) is 6.61 Å². The number of aliphatic hydroxyl groups is 1.